The molecule has 1 aliphatic heterocycles. The number of aromatic nitrogens is 3. The molecule has 7 heteroatoms. The van der Waals surface area contributed by atoms with E-state index < -0.39 is 0 Å². The van der Waals surface area contributed by atoms with Crippen LogP contribution in [0.4, 0.5) is 4.39 Å². The summed E-state index contributed by atoms with van der Waals surface area (Å²) < 4.78 is 20.7. The van der Waals surface area contributed by atoms with Gasteiger partial charge in [0, 0.05) is 50.8 Å². The first-order valence-corrected chi connectivity index (χ1v) is 7.99. The third-order valence-electron chi connectivity index (χ3n) is 4.66. The minimum atomic E-state index is -0.330. The Labute approximate surface area is 138 Å². The molecule has 0 bridgehead atoms. The van der Waals surface area contributed by atoms with Gasteiger partial charge < -0.3 is 9.52 Å². The second-order valence-electron chi connectivity index (χ2n) is 6.41. The van der Waals surface area contributed by atoms with Gasteiger partial charge in [-0.05, 0) is 17.7 Å². The van der Waals surface area contributed by atoms with Gasteiger partial charge in [-0.2, -0.15) is 5.10 Å². The van der Waals surface area contributed by atoms with Crippen molar-refractivity contribution in [3.8, 4) is 0 Å². The number of halogens is 1. The number of hydrogen-bond acceptors (Lipinski definition) is 5. The highest BCUT2D eigenvalue weighted by atomic mass is 19.1. The smallest absolute Gasteiger partial charge is 0.209 e. The molecule has 0 radical (unpaired) electrons. The predicted octanol–water partition coefficient (Wildman–Crippen LogP) is 1.91. The third kappa shape index (κ3) is 2.81. The number of nitrogens with zero attached hydrogens (tertiary/aromatic N) is 4. The number of fused-ring (bicyclic) bond motifs is 1. The van der Waals surface area contributed by atoms with Crippen LogP contribution in [-0.4, -0.2) is 44.5 Å². The fraction of sp³-hybridized carbons (Fsp3) is 0.412. The van der Waals surface area contributed by atoms with Crippen LogP contribution in [0.2, 0.25) is 0 Å². The van der Waals surface area contributed by atoms with E-state index in [4.69, 9.17) is 4.42 Å². The van der Waals surface area contributed by atoms with E-state index in [2.05, 4.69) is 15.0 Å². The van der Waals surface area contributed by atoms with Crippen LogP contribution in [0.3, 0.4) is 0 Å². The Bertz CT molecular complexity index is 859. The zero-order valence-corrected chi connectivity index (χ0v) is 13.4. The average Bonchev–Trinajstić information content (AvgIpc) is 3.24. The molecule has 6 nitrogen and oxygen atoms in total. The number of hydrogen-bond donors (Lipinski definition) is 1. The first kappa shape index (κ1) is 15.3. The fourth-order valence-electron chi connectivity index (χ4n) is 3.49. The maximum Gasteiger partial charge on any atom is 0.209 e. The molecule has 0 aliphatic carbocycles. The van der Waals surface area contributed by atoms with Crippen LogP contribution < -0.4 is 0 Å². The SMILES string of the molecule is Cn1cc([C@@H]2CN(Cc3nc4ccc(F)cc4o3)C[C@H]2CO)cn1. The molecule has 3 heterocycles. The highest BCUT2D eigenvalue weighted by Gasteiger charge is 2.34. The van der Waals surface area contributed by atoms with Gasteiger partial charge in [-0.25, -0.2) is 9.37 Å². The van der Waals surface area contributed by atoms with E-state index in [1.807, 2.05) is 19.4 Å². The monoisotopic (exact) mass is 330 g/mol. The number of aliphatic hydroxyl groups is 1. The standard InChI is InChI=1S/C17H19FN4O2/c1-21-6-11(5-19-21)14-8-22(7-12(14)10-23)9-17-20-15-3-2-13(18)4-16(15)24-17/h2-6,12,14,23H,7-10H2,1H3/t12-,14-/m0/s1. The highest BCUT2D eigenvalue weighted by Crippen LogP contribution is 2.33. The van der Waals surface area contributed by atoms with Gasteiger partial charge >= 0.3 is 0 Å². The topological polar surface area (TPSA) is 67.3 Å². The molecule has 4 rings (SSSR count). The predicted molar refractivity (Wildman–Crippen MR) is 85.8 cm³/mol. The van der Waals surface area contributed by atoms with Crippen molar-refractivity contribution < 1.29 is 13.9 Å². The number of rotatable bonds is 4. The maximum atomic E-state index is 13.3. The fourth-order valence-corrected chi connectivity index (χ4v) is 3.49. The van der Waals surface area contributed by atoms with Crippen molar-refractivity contribution in [3.63, 3.8) is 0 Å². The van der Waals surface area contributed by atoms with Gasteiger partial charge in [-0.1, -0.05) is 0 Å². The van der Waals surface area contributed by atoms with E-state index in [0.717, 1.165) is 18.7 Å². The molecule has 2 aromatic heterocycles. The number of benzene rings is 1. The molecule has 0 spiro atoms. The summed E-state index contributed by atoms with van der Waals surface area (Å²) in [6, 6.07) is 4.35. The van der Waals surface area contributed by atoms with Crippen molar-refractivity contribution in [2.45, 2.75) is 12.5 Å². The molecule has 0 saturated carbocycles. The summed E-state index contributed by atoms with van der Waals surface area (Å²) >= 11 is 0. The first-order valence-electron chi connectivity index (χ1n) is 7.99. The summed E-state index contributed by atoms with van der Waals surface area (Å²) in [4.78, 5) is 6.62. The maximum absolute atomic E-state index is 13.3. The van der Waals surface area contributed by atoms with Gasteiger partial charge in [-0.3, -0.25) is 9.58 Å². The minimum absolute atomic E-state index is 0.134. The largest absolute Gasteiger partial charge is 0.439 e. The van der Waals surface area contributed by atoms with Crippen molar-refractivity contribution in [3.05, 3.63) is 47.9 Å². The van der Waals surface area contributed by atoms with Gasteiger partial charge in [0.25, 0.3) is 0 Å². The molecule has 1 saturated heterocycles. The molecular weight excluding hydrogens is 311 g/mol. The molecule has 1 fully saturated rings. The molecule has 1 N–H and O–H groups in total. The average molecular weight is 330 g/mol. The Morgan fingerprint density at radius 1 is 1.38 bits per heavy atom. The van der Waals surface area contributed by atoms with Crippen molar-refractivity contribution in [1.29, 1.82) is 0 Å². The first-order chi connectivity index (χ1) is 11.6. The van der Waals surface area contributed by atoms with Crippen LogP contribution in [-0.2, 0) is 13.6 Å². The normalized spacial score (nSPS) is 21.8. The zero-order valence-electron chi connectivity index (χ0n) is 13.4. The minimum Gasteiger partial charge on any atom is -0.439 e. The molecule has 0 unspecified atom stereocenters. The zero-order chi connectivity index (χ0) is 16.7. The van der Waals surface area contributed by atoms with Crippen LogP contribution >= 0.6 is 0 Å². The third-order valence-corrected chi connectivity index (χ3v) is 4.66. The highest BCUT2D eigenvalue weighted by molar-refractivity contribution is 5.72. The van der Waals surface area contributed by atoms with Gasteiger partial charge in [0.2, 0.25) is 5.89 Å². The van der Waals surface area contributed by atoms with E-state index in [0.29, 0.717) is 23.5 Å². The van der Waals surface area contributed by atoms with E-state index in [-0.39, 0.29) is 24.3 Å². The van der Waals surface area contributed by atoms with Crippen molar-refractivity contribution in [2.24, 2.45) is 13.0 Å². The Balaban J connectivity index is 1.52. The second kappa shape index (κ2) is 5.99. The molecule has 2 atom stereocenters. The van der Waals surface area contributed by atoms with Crippen LogP contribution in [0, 0.1) is 11.7 Å². The number of aryl methyl sites for hydroxylation is 1. The molecular formula is C17H19FN4O2. The summed E-state index contributed by atoms with van der Waals surface area (Å²) in [5, 5.41) is 13.9. The summed E-state index contributed by atoms with van der Waals surface area (Å²) in [5.41, 5.74) is 2.26. The summed E-state index contributed by atoms with van der Waals surface area (Å²) in [5.74, 6) is 0.643. The summed E-state index contributed by atoms with van der Waals surface area (Å²) in [6.45, 7) is 2.26. The van der Waals surface area contributed by atoms with Gasteiger partial charge in [-0.15, -0.1) is 0 Å². The number of likely N-dealkylation sites (tertiary alicyclic amines) is 1. The quantitative estimate of drug-likeness (QED) is 0.791. The van der Waals surface area contributed by atoms with Gasteiger partial charge in [0.15, 0.2) is 5.58 Å². The lowest BCUT2D eigenvalue weighted by molar-refractivity contribution is 0.210. The van der Waals surface area contributed by atoms with E-state index in [1.54, 1.807) is 10.7 Å². The summed E-state index contributed by atoms with van der Waals surface area (Å²) in [7, 11) is 1.89. The van der Waals surface area contributed by atoms with E-state index >= 15 is 0 Å². The Hall–Kier alpha value is -2.25. The van der Waals surface area contributed by atoms with Crippen molar-refractivity contribution in [2.75, 3.05) is 19.7 Å². The van der Waals surface area contributed by atoms with Crippen LogP contribution in [0.25, 0.3) is 11.1 Å². The molecule has 0 amide bonds. The molecule has 3 aromatic rings. The Kier molecular flexibility index (Phi) is 3.82. The second-order valence-corrected chi connectivity index (χ2v) is 6.41. The number of aliphatic hydroxyl groups excluding tert-OH is 1. The molecule has 126 valence electrons. The molecule has 24 heavy (non-hydrogen) atoms. The van der Waals surface area contributed by atoms with Gasteiger partial charge in [0.05, 0.1) is 12.7 Å². The molecule has 1 aromatic carbocycles. The van der Waals surface area contributed by atoms with Crippen molar-refractivity contribution in [1.82, 2.24) is 19.7 Å². The van der Waals surface area contributed by atoms with E-state index in [1.165, 1.54) is 12.1 Å². The lowest BCUT2D eigenvalue weighted by Gasteiger charge is -2.13. The van der Waals surface area contributed by atoms with Crippen molar-refractivity contribution >= 4 is 11.1 Å². The lowest BCUT2D eigenvalue weighted by atomic mass is 9.92. The molecule has 1 aliphatic rings. The van der Waals surface area contributed by atoms with Crippen LogP contribution in [0.5, 0.6) is 0 Å². The van der Waals surface area contributed by atoms with E-state index in [9.17, 15) is 9.50 Å². The van der Waals surface area contributed by atoms with Gasteiger partial charge in [0.1, 0.15) is 11.3 Å². The summed E-state index contributed by atoms with van der Waals surface area (Å²) in [6.07, 6.45) is 3.86. The number of oxazole rings is 1. The Morgan fingerprint density at radius 3 is 3.00 bits per heavy atom. The lowest BCUT2D eigenvalue weighted by Crippen LogP contribution is -2.21. The van der Waals surface area contributed by atoms with Crippen LogP contribution in [0.15, 0.2) is 35.0 Å². The van der Waals surface area contributed by atoms with Crippen LogP contribution in [0.1, 0.15) is 17.4 Å². The Morgan fingerprint density at radius 2 is 2.25 bits per heavy atom.